The molecule has 100 valence electrons. The van der Waals surface area contributed by atoms with Crippen molar-refractivity contribution in [2.75, 3.05) is 32.8 Å². The van der Waals surface area contributed by atoms with Crippen LogP contribution in [-0.2, 0) is 4.74 Å². The van der Waals surface area contributed by atoms with Gasteiger partial charge >= 0.3 is 0 Å². The van der Waals surface area contributed by atoms with Crippen molar-refractivity contribution < 1.29 is 4.74 Å². The van der Waals surface area contributed by atoms with E-state index in [1.54, 1.807) is 0 Å². The molecule has 1 unspecified atom stereocenters. The number of ether oxygens (including phenoxy) is 1. The molecule has 0 spiro atoms. The number of hydrogen-bond acceptors (Lipinski definition) is 3. The smallest absolute Gasteiger partial charge is 0.0902 e. The van der Waals surface area contributed by atoms with Crippen LogP contribution in [0.5, 0.6) is 0 Å². The molecule has 0 aromatic carbocycles. The lowest BCUT2D eigenvalue weighted by molar-refractivity contribution is -0.0761. The summed E-state index contributed by atoms with van der Waals surface area (Å²) in [5.41, 5.74) is 0.121. The Morgan fingerprint density at radius 2 is 2.18 bits per heavy atom. The molecular weight excluding hydrogens is 212 g/mol. The van der Waals surface area contributed by atoms with E-state index >= 15 is 0 Å². The second-order valence-electron chi connectivity index (χ2n) is 5.88. The first-order chi connectivity index (χ1) is 8.23. The first kappa shape index (κ1) is 13.3. The molecule has 0 aromatic rings. The molecule has 2 fully saturated rings. The third kappa shape index (κ3) is 3.67. The largest absolute Gasteiger partial charge is 0.371 e. The Morgan fingerprint density at radius 1 is 1.35 bits per heavy atom. The highest BCUT2D eigenvalue weighted by Gasteiger charge is 2.32. The second-order valence-corrected chi connectivity index (χ2v) is 5.88. The first-order valence-corrected chi connectivity index (χ1v) is 7.32. The van der Waals surface area contributed by atoms with Crippen LogP contribution in [0.4, 0.5) is 0 Å². The van der Waals surface area contributed by atoms with Crippen LogP contribution >= 0.6 is 0 Å². The fourth-order valence-electron chi connectivity index (χ4n) is 3.00. The average Bonchev–Trinajstić information content (AvgIpc) is 2.29. The molecule has 2 saturated heterocycles. The molecule has 3 heteroatoms. The maximum absolute atomic E-state index is 5.99. The van der Waals surface area contributed by atoms with Crippen molar-refractivity contribution in [3.8, 4) is 0 Å². The summed E-state index contributed by atoms with van der Waals surface area (Å²) in [6.07, 6.45) is 6.86. The van der Waals surface area contributed by atoms with Crippen molar-refractivity contribution in [1.82, 2.24) is 10.2 Å². The highest BCUT2D eigenvalue weighted by Crippen LogP contribution is 2.21. The summed E-state index contributed by atoms with van der Waals surface area (Å²) >= 11 is 0. The van der Waals surface area contributed by atoms with Gasteiger partial charge in [0.1, 0.15) is 0 Å². The van der Waals surface area contributed by atoms with Gasteiger partial charge in [0.05, 0.1) is 12.2 Å². The molecule has 0 bridgehead atoms. The minimum absolute atomic E-state index is 0.121. The van der Waals surface area contributed by atoms with Crippen molar-refractivity contribution in [2.45, 2.75) is 57.6 Å². The van der Waals surface area contributed by atoms with E-state index in [2.05, 4.69) is 24.1 Å². The van der Waals surface area contributed by atoms with Gasteiger partial charge in [-0.15, -0.1) is 0 Å². The highest BCUT2D eigenvalue weighted by molar-refractivity contribution is 4.90. The number of rotatable bonds is 6. The van der Waals surface area contributed by atoms with Crippen LogP contribution in [0, 0.1) is 0 Å². The molecule has 1 atom stereocenters. The van der Waals surface area contributed by atoms with Gasteiger partial charge in [0.25, 0.3) is 0 Å². The lowest BCUT2D eigenvalue weighted by Gasteiger charge is -2.41. The minimum Gasteiger partial charge on any atom is -0.371 e. The van der Waals surface area contributed by atoms with Crippen molar-refractivity contribution in [2.24, 2.45) is 0 Å². The third-order valence-electron chi connectivity index (χ3n) is 4.20. The van der Waals surface area contributed by atoms with Gasteiger partial charge in [-0.05, 0) is 32.7 Å². The molecule has 17 heavy (non-hydrogen) atoms. The van der Waals surface area contributed by atoms with Gasteiger partial charge in [0, 0.05) is 25.7 Å². The van der Waals surface area contributed by atoms with Gasteiger partial charge in [-0.3, -0.25) is 4.90 Å². The van der Waals surface area contributed by atoms with E-state index in [0.717, 1.165) is 32.3 Å². The Bertz CT molecular complexity index is 226. The van der Waals surface area contributed by atoms with E-state index in [9.17, 15) is 0 Å². The van der Waals surface area contributed by atoms with Crippen LogP contribution in [0.15, 0.2) is 0 Å². The Hall–Kier alpha value is -0.120. The van der Waals surface area contributed by atoms with Crippen LogP contribution in [-0.4, -0.2) is 49.3 Å². The van der Waals surface area contributed by atoms with Gasteiger partial charge in [0.2, 0.25) is 0 Å². The Labute approximate surface area is 106 Å². The van der Waals surface area contributed by atoms with Crippen molar-refractivity contribution >= 4 is 0 Å². The second kappa shape index (κ2) is 6.17. The molecule has 2 heterocycles. The number of nitrogens with zero attached hydrogens (tertiary/aromatic N) is 1. The summed E-state index contributed by atoms with van der Waals surface area (Å²) in [7, 11) is 0. The fraction of sp³-hybridized carbons (Fsp3) is 1.00. The van der Waals surface area contributed by atoms with E-state index < -0.39 is 0 Å². The SMILES string of the molecule is CCCC1CCCCN1CCOC1(C)CNC1. The summed E-state index contributed by atoms with van der Waals surface area (Å²) in [5, 5.41) is 3.28. The lowest BCUT2D eigenvalue weighted by Crippen LogP contribution is -2.59. The zero-order valence-electron chi connectivity index (χ0n) is 11.5. The molecule has 0 saturated carbocycles. The molecule has 0 aliphatic carbocycles. The van der Waals surface area contributed by atoms with Crippen LogP contribution in [0.25, 0.3) is 0 Å². The molecule has 0 aromatic heterocycles. The molecular formula is C14H28N2O. The summed E-state index contributed by atoms with van der Waals surface area (Å²) in [6.45, 7) is 9.85. The van der Waals surface area contributed by atoms with Gasteiger partial charge in [0.15, 0.2) is 0 Å². The van der Waals surface area contributed by atoms with E-state index in [1.165, 1.54) is 38.6 Å². The van der Waals surface area contributed by atoms with E-state index in [1.807, 2.05) is 0 Å². The van der Waals surface area contributed by atoms with E-state index in [-0.39, 0.29) is 5.60 Å². The number of piperidine rings is 1. The summed E-state index contributed by atoms with van der Waals surface area (Å²) in [4.78, 5) is 2.66. The van der Waals surface area contributed by atoms with E-state index in [4.69, 9.17) is 4.74 Å². The monoisotopic (exact) mass is 240 g/mol. The minimum atomic E-state index is 0.121. The van der Waals surface area contributed by atoms with Gasteiger partial charge < -0.3 is 10.1 Å². The maximum atomic E-state index is 5.99. The first-order valence-electron chi connectivity index (χ1n) is 7.32. The number of hydrogen-bond donors (Lipinski definition) is 1. The Kier molecular flexibility index (Phi) is 4.83. The molecule has 3 nitrogen and oxygen atoms in total. The van der Waals surface area contributed by atoms with Crippen LogP contribution in [0.2, 0.25) is 0 Å². The molecule has 0 amide bonds. The third-order valence-corrected chi connectivity index (χ3v) is 4.20. The maximum Gasteiger partial charge on any atom is 0.0902 e. The summed E-state index contributed by atoms with van der Waals surface area (Å²) in [6, 6.07) is 0.824. The Balaban J connectivity index is 1.68. The predicted molar refractivity (Wildman–Crippen MR) is 71.3 cm³/mol. The summed E-state index contributed by atoms with van der Waals surface area (Å²) in [5.74, 6) is 0. The number of nitrogens with one attached hydrogen (secondary N) is 1. The van der Waals surface area contributed by atoms with Crippen molar-refractivity contribution in [3.63, 3.8) is 0 Å². The fourth-order valence-corrected chi connectivity index (χ4v) is 3.00. The topological polar surface area (TPSA) is 24.5 Å². The van der Waals surface area contributed by atoms with E-state index in [0.29, 0.717) is 0 Å². The molecule has 0 radical (unpaired) electrons. The molecule has 2 aliphatic heterocycles. The van der Waals surface area contributed by atoms with Crippen molar-refractivity contribution in [1.29, 1.82) is 0 Å². The normalized spacial score (nSPS) is 28.9. The van der Waals surface area contributed by atoms with Gasteiger partial charge in [-0.2, -0.15) is 0 Å². The highest BCUT2D eigenvalue weighted by atomic mass is 16.5. The zero-order valence-corrected chi connectivity index (χ0v) is 11.5. The molecule has 2 aliphatic rings. The zero-order chi connectivity index (χ0) is 12.1. The van der Waals surface area contributed by atoms with Crippen molar-refractivity contribution in [3.05, 3.63) is 0 Å². The quantitative estimate of drug-likeness (QED) is 0.769. The Morgan fingerprint density at radius 3 is 2.82 bits per heavy atom. The lowest BCUT2D eigenvalue weighted by atomic mass is 9.98. The predicted octanol–water partition coefficient (Wildman–Crippen LogP) is 2.02. The van der Waals surface area contributed by atoms with Gasteiger partial charge in [-0.1, -0.05) is 19.8 Å². The van der Waals surface area contributed by atoms with Gasteiger partial charge in [-0.25, -0.2) is 0 Å². The van der Waals surface area contributed by atoms with Crippen LogP contribution in [0.3, 0.4) is 0 Å². The average molecular weight is 240 g/mol. The van der Waals surface area contributed by atoms with Crippen LogP contribution < -0.4 is 5.32 Å². The summed E-state index contributed by atoms with van der Waals surface area (Å²) < 4.78 is 5.99. The van der Waals surface area contributed by atoms with Crippen LogP contribution in [0.1, 0.15) is 46.0 Å². The standard InChI is InChI=1S/C14H28N2O/c1-3-6-13-7-4-5-8-16(13)9-10-17-14(2)11-15-12-14/h13,15H,3-12H2,1-2H3. The molecule has 1 N–H and O–H groups in total. The molecule has 2 rings (SSSR count). The number of likely N-dealkylation sites (tertiary alicyclic amines) is 1.